The molecule has 0 amide bonds. The second-order valence-corrected chi connectivity index (χ2v) is 4.44. The minimum absolute atomic E-state index is 0.167. The number of aliphatic hydroxyl groups is 1. The van der Waals surface area contributed by atoms with E-state index in [4.69, 9.17) is 14.6 Å². The molecule has 0 fully saturated rings. The van der Waals surface area contributed by atoms with E-state index in [0.717, 1.165) is 24.2 Å². The van der Waals surface area contributed by atoms with E-state index in [1.54, 1.807) is 27.0 Å². The molecule has 0 aliphatic carbocycles. The fraction of sp³-hybridized carbons (Fsp3) is 0.600. The molecular formula is C15H25FO3. The van der Waals surface area contributed by atoms with Crippen molar-refractivity contribution < 1.29 is 19.0 Å². The fourth-order valence-corrected chi connectivity index (χ4v) is 1.39. The van der Waals surface area contributed by atoms with Crippen molar-refractivity contribution in [1.29, 1.82) is 0 Å². The number of methoxy groups -OCH3 is 1. The third-order valence-electron chi connectivity index (χ3n) is 2.09. The molecule has 1 rings (SSSR count). The first-order valence-electron chi connectivity index (χ1n) is 6.59. The molecule has 0 unspecified atom stereocenters. The van der Waals surface area contributed by atoms with Crippen LogP contribution in [0.1, 0.15) is 32.8 Å². The van der Waals surface area contributed by atoms with E-state index in [9.17, 15) is 4.39 Å². The maximum Gasteiger partial charge on any atom is 0.123 e. The van der Waals surface area contributed by atoms with E-state index in [0.29, 0.717) is 13.2 Å². The molecule has 0 aromatic heterocycles. The molecule has 0 saturated carbocycles. The van der Waals surface area contributed by atoms with Gasteiger partial charge in [0.05, 0.1) is 6.61 Å². The van der Waals surface area contributed by atoms with E-state index in [2.05, 4.69) is 6.92 Å². The Morgan fingerprint density at radius 3 is 2.42 bits per heavy atom. The highest BCUT2D eigenvalue weighted by molar-refractivity contribution is 5.34. The van der Waals surface area contributed by atoms with Crippen LogP contribution in [0.25, 0.3) is 0 Å². The molecule has 4 heteroatoms. The Balaban J connectivity index is 0.000000711. The molecule has 0 heterocycles. The molecule has 1 aromatic rings. The molecule has 0 radical (unpaired) electrons. The third kappa shape index (κ3) is 9.45. The maximum absolute atomic E-state index is 13.0. The van der Waals surface area contributed by atoms with Gasteiger partial charge in [0.2, 0.25) is 0 Å². The van der Waals surface area contributed by atoms with Gasteiger partial charge in [0.25, 0.3) is 0 Å². The zero-order valence-electron chi connectivity index (χ0n) is 12.3. The van der Waals surface area contributed by atoms with Crippen molar-refractivity contribution in [3.05, 3.63) is 29.6 Å². The standard InChI is InChI=1S/C12H17FO2.C3H8O/c1-3-4-10-9-11(13)5-6-12(10)15-8-7-14-2;1-3(2)4/h5-6,9H,3-4,7-8H2,1-2H3;3-4H,1-2H3. The molecule has 1 N–H and O–H groups in total. The smallest absolute Gasteiger partial charge is 0.123 e. The number of rotatable bonds is 6. The summed E-state index contributed by atoms with van der Waals surface area (Å²) in [4.78, 5) is 0. The number of ether oxygens (including phenoxy) is 2. The van der Waals surface area contributed by atoms with Crippen molar-refractivity contribution in [1.82, 2.24) is 0 Å². The molecule has 110 valence electrons. The monoisotopic (exact) mass is 272 g/mol. The lowest BCUT2D eigenvalue weighted by atomic mass is 10.1. The summed E-state index contributed by atoms with van der Waals surface area (Å²) in [5.41, 5.74) is 0.925. The Kier molecular flexibility index (Phi) is 10.1. The topological polar surface area (TPSA) is 38.7 Å². The number of aryl methyl sites for hydroxylation is 1. The molecule has 3 nitrogen and oxygen atoms in total. The van der Waals surface area contributed by atoms with Crippen LogP contribution in [0, 0.1) is 5.82 Å². The second kappa shape index (κ2) is 10.8. The summed E-state index contributed by atoms with van der Waals surface area (Å²) >= 11 is 0. The minimum Gasteiger partial charge on any atom is -0.491 e. The third-order valence-corrected chi connectivity index (χ3v) is 2.09. The van der Waals surface area contributed by atoms with Crippen LogP contribution in [0.15, 0.2) is 18.2 Å². The highest BCUT2D eigenvalue weighted by Crippen LogP contribution is 2.21. The Labute approximate surface area is 115 Å². The van der Waals surface area contributed by atoms with Crippen LogP contribution in [-0.2, 0) is 11.2 Å². The summed E-state index contributed by atoms with van der Waals surface area (Å²) in [6.45, 7) is 6.55. The van der Waals surface area contributed by atoms with Gasteiger partial charge in [0, 0.05) is 13.2 Å². The number of halogens is 1. The summed E-state index contributed by atoms with van der Waals surface area (Å²) in [5.74, 6) is 0.549. The largest absolute Gasteiger partial charge is 0.491 e. The van der Waals surface area contributed by atoms with Crippen molar-refractivity contribution >= 4 is 0 Å². The molecule has 1 aromatic carbocycles. The number of benzene rings is 1. The summed E-state index contributed by atoms with van der Waals surface area (Å²) in [6, 6.07) is 4.63. The average Bonchev–Trinajstić information content (AvgIpc) is 2.32. The van der Waals surface area contributed by atoms with Crippen LogP contribution in [0.4, 0.5) is 4.39 Å². The molecule has 0 saturated heterocycles. The van der Waals surface area contributed by atoms with E-state index < -0.39 is 0 Å². The molecule has 0 atom stereocenters. The van der Waals surface area contributed by atoms with Gasteiger partial charge in [-0.25, -0.2) is 4.39 Å². The first-order chi connectivity index (χ1) is 9.01. The number of hydrogen-bond donors (Lipinski definition) is 1. The minimum atomic E-state index is -0.211. The van der Waals surface area contributed by atoms with Crippen LogP contribution in [0.3, 0.4) is 0 Å². The SMILES string of the molecule is CC(C)O.CCCc1cc(F)ccc1OCCOC. The van der Waals surface area contributed by atoms with Crippen LogP contribution >= 0.6 is 0 Å². The second-order valence-electron chi connectivity index (χ2n) is 4.44. The molecule has 19 heavy (non-hydrogen) atoms. The van der Waals surface area contributed by atoms with Gasteiger partial charge >= 0.3 is 0 Å². The van der Waals surface area contributed by atoms with Gasteiger partial charge in [-0.15, -0.1) is 0 Å². The molecule has 0 spiro atoms. The summed E-state index contributed by atoms with van der Waals surface area (Å²) in [6.07, 6.45) is 1.64. The van der Waals surface area contributed by atoms with Gasteiger partial charge in [-0.1, -0.05) is 13.3 Å². The zero-order valence-corrected chi connectivity index (χ0v) is 12.3. The molecular weight excluding hydrogens is 247 g/mol. The van der Waals surface area contributed by atoms with Crippen molar-refractivity contribution in [3.63, 3.8) is 0 Å². The summed E-state index contributed by atoms with van der Waals surface area (Å²) in [7, 11) is 1.63. The quantitative estimate of drug-likeness (QED) is 0.808. The van der Waals surface area contributed by atoms with Crippen LogP contribution in [-0.4, -0.2) is 31.5 Å². The van der Waals surface area contributed by atoms with Crippen molar-refractivity contribution in [2.75, 3.05) is 20.3 Å². The first kappa shape index (κ1) is 17.9. The molecule has 0 aliphatic rings. The van der Waals surface area contributed by atoms with Crippen LogP contribution in [0.2, 0.25) is 0 Å². The van der Waals surface area contributed by atoms with Gasteiger partial charge in [-0.05, 0) is 44.0 Å². The first-order valence-corrected chi connectivity index (χ1v) is 6.59. The summed E-state index contributed by atoms with van der Waals surface area (Å²) < 4.78 is 23.4. The Morgan fingerprint density at radius 2 is 1.89 bits per heavy atom. The van der Waals surface area contributed by atoms with Gasteiger partial charge in [-0.2, -0.15) is 0 Å². The Morgan fingerprint density at radius 1 is 1.26 bits per heavy atom. The van der Waals surface area contributed by atoms with Gasteiger partial charge in [-0.3, -0.25) is 0 Å². The lowest BCUT2D eigenvalue weighted by molar-refractivity contribution is 0.145. The predicted molar refractivity (Wildman–Crippen MR) is 75.1 cm³/mol. The maximum atomic E-state index is 13.0. The van der Waals surface area contributed by atoms with E-state index >= 15 is 0 Å². The van der Waals surface area contributed by atoms with Gasteiger partial charge in [0.1, 0.15) is 18.2 Å². The van der Waals surface area contributed by atoms with Crippen LogP contribution < -0.4 is 4.74 Å². The number of aliphatic hydroxyl groups excluding tert-OH is 1. The predicted octanol–water partition coefficient (Wildman–Crippen LogP) is 3.19. The van der Waals surface area contributed by atoms with Crippen LogP contribution in [0.5, 0.6) is 5.75 Å². The van der Waals surface area contributed by atoms with Gasteiger partial charge < -0.3 is 14.6 Å². The summed E-state index contributed by atoms with van der Waals surface area (Å²) in [5, 5.41) is 8.06. The van der Waals surface area contributed by atoms with E-state index in [1.807, 2.05) is 0 Å². The highest BCUT2D eigenvalue weighted by atomic mass is 19.1. The van der Waals surface area contributed by atoms with Crippen molar-refractivity contribution in [3.8, 4) is 5.75 Å². The number of hydrogen-bond acceptors (Lipinski definition) is 3. The zero-order chi connectivity index (χ0) is 14.7. The Bertz CT molecular complexity index is 337. The fourth-order valence-electron chi connectivity index (χ4n) is 1.39. The van der Waals surface area contributed by atoms with E-state index in [1.165, 1.54) is 12.1 Å². The lowest BCUT2D eigenvalue weighted by Crippen LogP contribution is -2.06. The molecule has 0 aliphatic heterocycles. The van der Waals surface area contributed by atoms with E-state index in [-0.39, 0.29) is 11.9 Å². The Hall–Kier alpha value is -1.13. The highest BCUT2D eigenvalue weighted by Gasteiger charge is 2.04. The lowest BCUT2D eigenvalue weighted by Gasteiger charge is -2.10. The average molecular weight is 272 g/mol. The van der Waals surface area contributed by atoms with Crippen molar-refractivity contribution in [2.45, 2.75) is 39.7 Å². The van der Waals surface area contributed by atoms with Gasteiger partial charge in [0.15, 0.2) is 0 Å². The van der Waals surface area contributed by atoms with Crippen molar-refractivity contribution in [2.24, 2.45) is 0 Å². The molecule has 0 bridgehead atoms. The normalized spacial score (nSPS) is 10.1.